The minimum Gasteiger partial charge on any atom is -0.312 e. The van der Waals surface area contributed by atoms with Gasteiger partial charge in [-0.25, -0.2) is 8.42 Å². The lowest BCUT2D eigenvalue weighted by Crippen LogP contribution is -2.44. The molecule has 1 aliphatic rings. The Balaban J connectivity index is 2.10. The molecule has 112 valence electrons. The molecule has 4 unspecified atom stereocenters. The molecule has 1 aromatic rings. The average Bonchev–Trinajstić information content (AvgIpc) is 3.19. The first-order chi connectivity index (χ1) is 9.45. The second kappa shape index (κ2) is 6.27. The lowest BCUT2D eigenvalue weighted by atomic mass is 10.0. The SMILES string of the molecule is CCCNC(C1CC1c1ccccc1)C(C)S(C)(=O)=O. The molecule has 1 aromatic carbocycles. The van der Waals surface area contributed by atoms with Gasteiger partial charge in [0, 0.05) is 12.3 Å². The molecule has 0 saturated heterocycles. The van der Waals surface area contributed by atoms with Crippen LogP contribution in [0.25, 0.3) is 0 Å². The quantitative estimate of drug-likeness (QED) is 0.841. The highest BCUT2D eigenvalue weighted by Gasteiger charge is 2.47. The predicted molar refractivity (Wildman–Crippen MR) is 83.7 cm³/mol. The minimum absolute atomic E-state index is 0.0650. The van der Waals surface area contributed by atoms with Crippen molar-refractivity contribution < 1.29 is 8.42 Å². The minimum atomic E-state index is -3.01. The van der Waals surface area contributed by atoms with Crippen molar-refractivity contribution in [2.75, 3.05) is 12.8 Å². The van der Waals surface area contributed by atoms with E-state index < -0.39 is 9.84 Å². The molecule has 0 spiro atoms. The second-order valence-corrected chi connectivity index (χ2v) is 8.33. The van der Waals surface area contributed by atoms with E-state index in [2.05, 4.69) is 36.5 Å². The summed E-state index contributed by atoms with van der Waals surface area (Å²) in [5.41, 5.74) is 1.33. The highest BCUT2D eigenvalue weighted by molar-refractivity contribution is 7.91. The lowest BCUT2D eigenvalue weighted by Gasteiger charge is -2.24. The van der Waals surface area contributed by atoms with E-state index >= 15 is 0 Å². The van der Waals surface area contributed by atoms with Gasteiger partial charge in [0.2, 0.25) is 0 Å². The number of rotatable bonds is 7. The molecule has 0 bridgehead atoms. The van der Waals surface area contributed by atoms with E-state index in [4.69, 9.17) is 0 Å². The molecule has 1 fully saturated rings. The number of hydrogen-bond acceptors (Lipinski definition) is 3. The van der Waals surface area contributed by atoms with Gasteiger partial charge in [-0.15, -0.1) is 0 Å². The summed E-state index contributed by atoms with van der Waals surface area (Å²) in [6.45, 7) is 4.82. The molecular weight excluding hydrogens is 270 g/mol. The Morgan fingerprint density at radius 2 is 1.95 bits per heavy atom. The molecule has 4 heteroatoms. The van der Waals surface area contributed by atoms with Crippen LogP contribution in [-0.4, -0.2) is 32.5 Å². The number of nitrogens with one attached hydrogen (secondary N) is 1. The molecule has 3 nitrogen and oxygen atoms in total. The molecule has 1 saturated carbocycles. The van der Waals surface area contributed by atoms with E-state index in [1.165, 1.54) is 11.8 Å². The molecule has 2 rings (SSSR count). The van der Waals surface area contributed by atoms with Crippen LogP contribution in [0, 0.1) is 5.92 Å². The van der Waals surface area contributed by atoms with Crippen molar-refractivity contribution in [1.82, 2.24) is 5.32 Å². The summed E-state index contributed by atoms with van der Waals surface area (Å²) in [4.78, 5) is 0. The zero-order chi connectivity index (χ0) is 14.8. The third-order valence-electron chi connectivity index (χ3n) is 4.34. The fraction of sp³-hybridized carbons (Fsp3) is 0.625. The molecule has 0 radical (unpaired) electrons. The van der Waals surface area contributed by atoms with Gasteiger partial charge in [0.25, 0.3) is 0 Å². The van der Waals surface area contributed by atoms with Gasteiger partial charge in [-0.1, -0.05) is 37.3 Å². The van der Waals surface area contributed by atoms with Crippen molar-refractivity contribution >= 4 is 9.84 Å². The third kappa shape index (κ3) is 3.61. The van der Waals surface area contributed by atoms with Gasteiger partial charge in [0.05, 0.1) is 5.25 Å². The molecule has 0 heterocycles. The van der Waals surface area contributed by atoms with E-state index in [9.17, 15) is 8.42 Å². The molecule has 0 aliphatic heterocycles. The van der Waals surface area contributed by atoms with Crippen molar-refractivity contribution in [3.05, 3.63) is 35.9 Å². The van der Waals surface area contributed by atoms with Gasteiger partial charge in [-0.2, -0.15) is 0 Å². The van der Waals surface area contributed by atoms with Crippen LogP contribution in [0.5, 0.6) is 0 Å². The Kier molecular flexibility index (Phi) is 4.86. The van der Waals surface area contributed by atoms with Crippen LogP contribution in [0.2, 0.25) is 0 Å². The van der Waals surface area contributed by atoms with Crippen LogP contribution in [0.15, 0.2) is 30.3 Å². The number of benzene rings is 1. The first kappa shape index (κ1) is 15.5. The van der Waals surface area contributed by atoms with Gasteiger partial charge in [0.15, 0.2) is 9.84 Å². The van der Waals surface area contributed by atoms with Crippen molar-refractivity contribution in [2.45, 2.75) is 43.9 Å². The zero-order valence-electron chi connectivity index (χ0n) is 12.5. The van der Waals surface area contributed by atoms with Gasteiger partial charge in [-0.3, -0.25) is 0 Å². The van der Waals surface area contributed by atoms with E-state index in [1.54, 1.807) is 0 Å². The lowest BCUT2D eigenvalue weighted by molar-refractivity contribution is 0.437. The standard InChI is InChI=1S/C16H25NO2S/c1-4-10-17-16(12(2)20(3,18)19)15-11-14(15)13-8-6-5-7-9-13/h5-9,12,14-17H,4,10-11H2,1-3H3. The summed E-state index contributed by atoms with van der Waals surface area (Å²) in [5, 5.41) is 3.13. The molecule has 1 aliphatic carbocycles. The van der Waals surface area contributed by atoms with Gasteiger partial charge < -0.3 is 5.32 Å². The molecule has 0 amide bonds. The summed E-state index contributed by atoms with van der Waals surface area (Å²) >= 11 is 0. The van der Waals surface area contributed by atoms with Crippen LogP contribution >= 0.6 is 0 Å². The molecule has 4 atom stereocenters. The Labute approximate surface area is 122 Å². The molecule has 20 heavy (non-hydrogen) atoms. The summed E-state index contributed by atoms with van der Waals surface area (Å²) in [5.74, 6) is 0.948. The Bertz CT molecular complexity index is 527. The fourth-order valence-electron chi connectivity index (χ4n) is 2.94. The fourth-order valence-corrected chi connectivity index (χ4v) is 3.77. The second-order valence-electron chi connectivity index (χ2n) is 5.93. The summed E-state index contributed by atoms with van der Waals surface area (Å²) in [7, 11) is -3.01. The Hall–Kier alpha value is -0.870. The van der Waals surface area contributed by atoms with E-state index in [0.29, 0.717) is 11.8 Å². The smallest absolute Gasteiger partial charge is 0.151 e. The predicted octanol–water partition coefficient (Wildman–Crippen LogP) is 2.59. The maximum atomic E-state index is 11.9. The summed E-state index contributed by atoms with van der Waals surface area (Å²) in [6.07, 6.45) is 3.46. The zero-order valence-corrected chi connectivity index (χ0v) is 13.4. The van der Waals surface area contributed by atoms with Gasteiger partial charge >= 0.3 is 0 Å². The van der Waals surface area contributed by atoms with Crippen LogP contribution < -0.4 is 5.32 Å². The Morgan fingerprint density at radius 3 is 2.50 bits per heavy atom. The highest BCUT2D eigenvalue weighted by Crippen LogP contribution is 2.50. The maximum absolute atomic E-state index is 11.9. The van der Waals surface area contributed by atoms with E-state index in [0.717, 1.165) is 19.4 Å². The summed E-state index contributed by atoms with van der Waals surface area (Å²) < 4.78 is 23.7. The monoisotopic (exact) mass is 295 g/mol. The van der Waals surface area contributed by atoms with Crippen LogP contribution in [-0.2, 0) is 9.84 Å². The Morgan fingerprint density at radius 1 is 1.30 bits per heavy atom. The largest absolute Gasteiger partial charge is 0.312 e. The maximum Gasteiger partial charge on any atom is 0.151 e. The van der Waals surface area contributed by atoms with Crippen molar-refractivity contribution in [3.63, 3.8) is 0 Å². The first-order valence-corrected chi connectivity index (χ1v) is 9.37. The number of sulfone groups is 1. The van der Waals surface area contributed by atoms with Crippen LogP contribution in [0.1, 0.15) is 38.2 Å². The molecular formula is C16H25NO2S. The summed E-state index contributed by atoms with van der Waals surface area (Å²) in [6, 6.07) is 10.5. The van der Waals surface area contributed by atoms with Crippen LogP contribution in [0.4, 0.5) is 0 Å². The highest BCUT2D eigenvalue weighted by atomic mass is 32.2. The van der Waals surface area contributed by atoms with Crippen molar-refractivity contribution in [2.24, 2.45) is 5.92 Å². The van der Waals surface area contributed by atoms with Gasteiger partial charge in [-0.05, 0) is 43.7 Å². The van der Waals surface area contributed by atoms with Crippen LogP contribution in [0.3, 0.4) is 0 Å². The van der Waals surface area contributed by atoms with Crippen molar-refractivity contribution in [1.29, 1.82) is 0 Å². The topological polar surface area (TPSA) is 46.2 Å². The number of hydrogen-bond donors (Lipinski definition) is 1. The van der Waals surface area contributed by atoms with Gasteiger partial charge in [0.1, 0.15) is 0 Å². The van der Waals surface area contributed by atoms with E-state index in [-0.39, 0.29) is 11.3 Å². The normalized spacial score (nSPS) is 25.1. The van der Waals surface area contributed by atoms with Crippen molar-refractivity contribution in [3.8, 4) is 0 Å². The first-order valence-electron chi connectivity index (χ1n) is 7.42. The molecule has 0 aromatic heterocycles. The third-order valence-corrected chi connectivity index (χ3v) is 5.98. The molecule has 1 N–H and O–H groups in total. The average molecular weight is 295 g/mol. The van der Waals surface area contributed by atoms with E-state index in [1.807, 2.05) is 13.0 Å².